The molecule has 1 aromatic carbocycles. The third-order valence-corrected chi connectivity index (χ3v) is 2.63. The first-order valence-electron chi connectivity index (χ1n) is 5.23. The van der Waals surface area contributed by atoms with Crippen LogP contribution >= 0.6 is 0 Å². The highest BCUT2D eigenvalue weighted by molar-refractivity contribution is 5.68. The van der Waals surface area contributed by atoms with E-state index in [0.717, 1.165) is 12.0 Å². The summed E-state index contributed by atoms with van der Waals surface area (Å²) in [6.45, 7) is 2.45. The monoisotopic (exact) mass is 205 g/mol. The smallest absolute Gasteiger partial charge is 0.407 e. The third-order valence-electron chi connectivity index (χ3n) is 2.63. The quantitative estimate of drug-likeness (QED) is 0.822. The minimum absolute atomic E-state index is 0.312. The van der Waals surface area contributed by atoms with Crippen LogP contribution in [0.3, 0.4) is 0 Å². The topological polar surface area (TPSA) is 38.3 Å². The fraction of sp³-hybridized carbons (Fsp3) is 0.417. The van der Waals surface area contributed by atoms with Crippen molar-refractivity contribution >= 4 is 6.09 Å². The van der Waals surface area contributed by atoms with Gasteiger partial charge in [-0.05, 0) is 17.9 Å². The Morgan fingerprint density at radius 2 is 2.13 bits per heavy atom. The van der Waals surface area contributed by atoms with Gasteiger partial charge >= 0.3 is 6.09 Å². The number of hydrogen-bond donors (Lipinski definition) is 1. The van der Waals surface area contributed by atoms with Crippen molar-refractivity contribution in [1.82, 2.24) is 5.32 Å². The first kappa shape index (κ1) is 10.0. The number of hydrogen-bond acceptors (Lipinski definition) is 2. The molecule has 0 spiro atoms. The number of benzene rings is 1. The van der Waals surface area contributed by atoms with Crippen molar-refractivity contribution in [1.29, 1.82) is 0 Å². The molecule has 0 unspecified atom stereocenters. The number of carbonyl (C=O) groups excluding carboxylic acids is 1. The van der Waals surface area contributed by atoms with E-state index in [2.05, 4.69) is 12.2 Å². The first-order valence-corrected chi connectivity index (χ1v) is 5.23. The van der Waals surface area contributed by atoms with Gasteiger partial charge in [0.05, 0.1) is 0 Å². The van der Waals surface area contributed by atoms with Gasteiger partial charge in [-0.25, -0.2) is 4.79 Å². The summed E-state index contributed by atoms with van der Waals surface area (Å²) < 4.78 is 5.08. The van der Waals surface area contributed by atoms with E-state index >= 15 is 0 Å². The van der Waals surface area contributed by atoms with Gasteiger partial charge in [0.25, 0.3) is 0 Å². The standard InChI is InChI=1S/C12H15NO2/c1-9-7-11(9)13-12(14)15-8-10-5-3-2-4-6-10/h2-6,9,11H,7-8H2,1H3,(H,13,14)/t9-,11-/m1/s1. The molecule has 1 fully saturated rings. The summed E-state index contributed by atoms with van der Waals surface area (Å²) in [7, 11) is 0. The summed E-state index contributed by atoms with van der Waals surface area (Å²) >= 11 is 0. The van der Waals surface area contributed by atoms with Crippen molar-refractivity contribution in [2.75, 3.05) is 0 Å². The van der Waals surface area contributed by atoms with Gasteiger partial charge in [-0.15, -0.1) is 0 Å². The molecule has 1 saturated carbocycles. The highest BCUT2D eigenvalue weighted by atomic mass is 16.5. The Balaban J connectivity index is 1.71. The van der Waals surface area contributed by atoms with Crippen molar-refractivity contribution < 1.29 is 9.53 Å². The zero-order valence-electron chi connectivity index (χ0n) is 8.77. The van der Waals surface area contributed by atoms with E-state index in [-0.39, 0.29) is 6.09 Å². The van der Waals surface area contributed by atoms with Crippen LogP contribution in [0.4, 0.5) is 4.79 Å². The van der Waals surface area contributed by atoms with E-state index in [0.29, 0.717) is 18.6 Å². The van der Waals surface area contributed by atoms with Crippen molar-refractivity contribution in [3.8, 4) is 0 Å². The van der Waals surface area contributed by atoms with Crippen LogP contribution in [0.2, 0.25) is 0 Å². The van der Waals surface area contributed by atoms with E-state index in [4.69, 9.17) is 4.74 Å². The molecule has 1 aliphatic rings. The lowest BCUT2D eigenvalue weighted by Crippen LogP contribution is -2.27. The lowest BCUT2D eigenvalue weighted by atomic mass is 10.2. The van der Waals surface area contributed by atoms with Crippen LogP contribution in [-0.4, -0.2) is 12.1 Å². The van der Waals surface area contributed by atoms with Crippen molar-refractivity contribution in [3.63, 3.8) is 0 Å². The molecule has 0 saturated heterocycles. The van der Waals surface area contributed by atoms with Crippen LogP contribution in [0.1, 0.15) is 18.9 Å². The lowest BCUT2D eigenvalue weighted by molar-refractivity contribution is 0.138. The Labute approximate surface area is 89.4 Å². The summed E-state index contributed by atoms with van der Waals surface area (Å²) in [5, 5.41) is 2.81. The lowest BCUT2D eigenvalue weighted by Gasteiger charge is -2.05. The molecule has 3 heteroatoms. The van der Waals surface area contributed by atoms with E-state index in [1.165, 1.54) is 0 Å². The summed E-state index contributed by atoms with van der Waals surface area (Å²) in [5.74, 6) is 0.606. The molecule has 3 nitrogen and oxygen atoms in total. The van der Waals surface area contributed by atoms with Gasteiger partial charge in [0.2, 0.25) is 0 Å². The molecule has 0 aromatic heterocycles. The summed E-state index contributed by atoms with van der Waals surface area (Å²) in [6.07, 6.45) is 0.758. The fourth-order valence-electron chi connectivity index (χ4n) is 1.44. The van der Waals surface area contributed by atoms with Gasteiger partial charge in [-0.3, -0.25) is 0 Å². The number of nitrogens with one attached hydrogen (secondary N) is 1. The minimum atomic E-state index is -0.312. The predicted molar refractivity (Wildman–Crippen MR) is 57.3 cm³/mol. The Morgan fingerprint density at radius 3 is 2.73 bits per heavy atom. The molecule has 0 radical (unpaired) electrons. The van der Waals surface area contributed by atoms with Crippen molar-refractivity contribution in [2.24, 2.45) is 5.92 Å². The minimum Gasteiger partial charge on any atom is -0.445 e. The van der Waals surface area contributed by atoms with Crippen LogP contribution in [0.15, 0.2) is 30.3 Å². The molecule has 2 rings (SSSR count). The Hall–Kier alpha value is -1.51. The molecular weight excluding hydrogens is 190 g/mol. The maximum atomic E-state index is 11.3. The third kappa shape index (κ3) is 2.98. The second-order valence-electron chi connectivity index (χ2n) is 4.03. The number of rotatable bonds is 3. The largest absolute Gasteiger partial charge is 0.445 e. The van der Waals surface area contributed by atoms with Crippen LogP contribution < -0.4 is 5.32 Å². The fourth-order valence-corrected chi connectivity index (χ4v) is 1.44. The molecule has 0 bridgehead atoms. The zero-order valence-corrected chi connectivity index (χ0v) is 8.77. The van der Waals surface area contributed by atoms with E-state index in [1.807, 2.05) is 30.3 Å². The SMILES string of the molecule is C[C@@H]1C[C@H]1NC(=O)OCc1ccccc1. The van der Waals surface area contributed by atoms with Gasteiger partial charge in [0.1, 0.15) is 6.61 Å². The first-order chi connectivity index (χ1) is 7.25. The van der Waals surface area contributed by atoms with E-state index in [1.54, 1.807) is 0 Å². The summed E-state index contributed by atoms with van der Waals surface area (Å²) in [4.78, 5) is 11.3. The zero-order chi connectivity index (χ0) is 10.7. The van der Waals surface area contributed by atoms with Gasteiger partial charge in [0, 0.05) is 6.04 Å². The average Bonchev–Trinajstić information content (AvgIpc) is 2.93. The Kier molecular flexibility index (Phi) is 2.90. The van der Waals surface area contributed by atoms with Crippen LogP contribution in [0.5, 0.6) is 0 Å². The number of alkyl carbamates (subject to hydrolysis) is 1. The number of carbonyl (C=O) groups is 1. The molecule has 80 valence electrons. The maximum Gasteiger partial charge on any atom is 0.407 e. The Bertz CT molecular complexity index is 337. The highest BCUT2D eigenvalue weighted by Gasteiger charge is 2.34. The van der Waals surface area contributed by atoms with E-state index in [9.17, 15) is 4.79 Å². The Morgan fingerprint density at radius 1 is 1.47 bits per heavy atom. The summed E-state index contributed by atoms with van der Waals surface area (Å²) in [5.41, 5.74) is 1.01. The number of ether oxygens (including phenoxy) is 1. The van der Waals surface area contributed by atoms with Crippen molar-refractivity contribution in [3.05, 3.63) is 35.9 Å². The van der Waals surface area contributed by atoms with Gasteiger partial charge in [0.15, 0.2) is 0 Å². The van der Waals surface area contributed by atoms with Crippen LogP contribution in [0.25, 0.3) is 0 Å². The molecule has 1 aliphatic carbocycles. The predicted octanol–water partition coefficient (Wildman–Crippen LogP) is 2.32. The molecule has 2 atom stereocenters. The molecule has 0 heterocycles. The van der Waals surface area contributed by atoms with Crippen LogP contribution in [-0.2, 0) is 11.3 Å². The number of amides is 1. The highest BCUT2D eigenvalue weighted by Crippen LogP contribution is 2.28. The van der Waals surface area contributed by atoms with Crippen molar-refractivity contribution in [2.45, 2.75) is 26.0 Å². The normalized spacial score (nSPS) is 23.3. The average molecular weight is 205 g/mol. The van der Waals surface area contributed by atoms with Gasteiger partial charge < -0.3 is 10.1 Å². The molecule has 15 heavy (non-hydrogen) atoms. The molecule has 0 aliphatic heterocycles. The molecular formula is C12H15NO2. The van der Waals surface area contributed by atoms with Gasteiger partial charge in [-0.2, -0.15) is 0 Å². The molecule has 1 N–H and O–H groups in total. The second-order valence-corrected chi connectivity index (χ2v) is 4.03. The molecule has 1 amide bonds. The maximum absolute atomic E-state index is 11.3. The van der Waals surface area contributed by atoms with Gasteiger partial charge in [-0.1, -0.05) is 37.3 Å². The van der Waals surface area contributed by atoms with Crippen LogP contribution in [0, 0.1) is 5.92 Å². The molecule has 1 aromatic rings. The van der Waals surface area contributed by atoms with E-state index < -0.39 is 0 Å². The second kappa shape index (κ2) is 4.34. The summed E-state index contributed by atoms with van der Waals surface area (Å²) in [6, 6.07) is 10.0.